The lowest BCUT2D eigenvalue weighted by atomic mass is 10.1. The number of ether oxygens (including phenoxy) is 1. The lowest BCUT2D eigenvalue weighted by Gasteiger charge is -2.12. The van der Waals surface area contributed by atoms with Crippen molar-refractivity contribution in [2.75, 3.05) is 7.11 Å². The molecule has 0 aliphatic carbocycles. The van der Waals surface area contributed by atoms with Crippen LogP contribution in [0, 0.1) is 0 Å². The Morgan fingerprint density at radius 2 is 1.94 bits per heavy atom. The van der Waals surface area contributed by atoms with E-state index in [1.54, 1.807) is 25.7 Å². The molecule has 82 valence electrons. The van der Waals surface area contributed by atoms with Gasteiger partial charge in [-0.2, -0.15) is 0 Å². The Bertz CT molecular complexity index is 461. The monoisotopic (exact) mass is 216 g/mol. The third-order valence-electron chi connectivity index (χ3n) is 2.19. The molecule has 0 fully saturated rings. The highest BCUT2D eigenvalue weighted by Crippen LogP contribution is 2.22. The molecule has 2 aromatic heterocycles. The standard InChI is InChI=1S/C11H12N4O/c1-16-11-10(14-6-7-15-11)9(12)8-4-2-3-5-13-8/h2-7,9H,12H2,1H3. The fraction of sp³-hybridized carbons (Fsp3) is 0.182. The molecule has 2 heterocycles. The van der Waals surface area contributed by atoms with Gasteiger partial charge in [0.15, 0.2) is 0 Å². The van der Waals surface area contributed by atoms with Gasteiger partial charge in [-0.3, -0.25) is 9.97 Å². The van der Waals surface area contributed by atoms with Crippen LogP contribution in [0.3, 0.4) is 0 Å². The highest BCUT2D eigenvalue weighted by Gasteiger charge is 2.16. The molecule has 0 aromatic carbocycles. The first-order chi connectivity index (χ1) is 7.83. The Balaban J connectivity index is 2.37. The minimum atomic E-state index is -0.426. The van der Waals surface area contributed by atoms with Gasteiger partial charge in [0.2, 0.25) is 5.88 Å². The summed E-state index contributed by atoms with van der Waals surface area (Å²) in [7, 11) is 1.54. The van der Waals surface area contributed by atoms with Crippen molar-refractivity contribution in [1.29, 1.82) is 0 Å². The molecular formula is C11H12N4O. The van der Waals surface area contributed by atoms with E-state index in [0.717, 1.165) is 5.69 Å². The highest BCUT2D eigenvalue weighted by atomic mass is 16.5. The van der Waals surface area contributed by atoms with Crippen LogP contribution in [-0.4, -0.2) is 22.1 Å². The third-order valence-corrected chi connectivity index (χ3v) is 2.19. The minimum absolute atomic E-state index is 0.426. The molecule has 0 aliphatic heterocycles. The number of nitrogens with two attached hydrogens (primary N) is 1. The van der Waals surface area contributed by atoms with Crippen molar-refractivity contribution < 1.29 is 4.74 Å². The van der Waals surface area contributed by atoms with E-state index in [4.69, 9.17) is 10.5 Å². The summed E-state index contributed by atoms with van der Waals surface area (Å²) in [6.07, 6.45) is 4.84. The lowest BCUT2D eigenvalue weighted by Crippen LogP contribution is -2.16. The van der Waals surface area contributed by atoms with Crippen LogP contribution in [-0.2, 0) is 0 Å². The van der Waals surface area contributed by atoms with Gasteiger partial charge in [-0.05, 0) is 12.1 Å². The van der Waals surface area contributed by atoms with Crippen molar-refractivity contribution in [3.8, 4) is 5.88 Å². The molecular weight excluding hydrogens is 204 g/mol. The number of methoxy groups -OCH3 is 1. The summed E-state index contributed by atoms with van der Waals surface area (Å²) in [5.74, 6) is 0.431. The molecule has 0 amide bonds. The quantitative estimate of drug-likeness (QED) is 0.826. The Kier molecular flexibility index (Phi) is 3.07. The Morgan fingerprint density at radius 1 is 1.12 bits per heavy atom. The number of hydrogen-bond donors (Lipinski definition) is 1. The van der Waals surface area contributed by atoms with E-state index in [9.17, 15) is 0 Å². The third kappa shape index (κ3) is 1.99. The van der Waals surface area contributed by atoms with Crippen molar-refractivity contribution in [3.63, 3.8) is 0 Å². The molecule has 1 atom stereocenters. The zero-order valence-electron chi connectivity index (χ0n) is 8.87. The average Bonchev–Trinajstić information content (AvgIpc) is 2.39. The maximum Gasteiger partial charge on any atom is 0.237 e. The van der Waals surface area contributed by atoms with Gasteiger partial charge in [-0.25, -0.2) is 4.98 Å². The maximum atomic E-state index is 6.05. The van der Waals surface area contributed by atoms with E-state index in [2.05, 4.69) is 15.0 Å². The molecule has 0 saturated heterocycles. The maximum absolute atomic E-state index is 6.05. The van der Waals surface area contributed by atoms with Gasteiger partial charge in [0.1, 0.15) is 5.69 Å². The molecule has 5 nitrogen and oxygen atoms in total. The first-order valence-electron chi connectivity index (χ1n) is 4.84. The summed E-state index contributed by atoms with van der Waals surface area (Å²) in [6, 6.07) is 5.14. The van der Waals surface area contributed by atoms with Crippen LogP contribution < -0.4 is 10.5 Å². The molecule has 2 N–H and O–H groups in total. The van der Waals surface area contributed by atoms with Crippen LogP contribution in [0.15, 0.2) is 36.8 Å². The predicted octanol–water partition coefficient (Wildman–Crippen LogP) is 0.928. The van der Waals surface area contributed by atoms with Gasteiger partial charge in [0.25, 0.3) is 0 Å². The zero-order valence-corrected chi connectivity index (χ0v) is 8.87. The molecule has 16 heavy (non-hydrogen) atoms. The lowest BCUT2D eigenvalue weighted by molar-refractivity contribution is 0.386. The highest BCUT2D eigenvalue weighted by molar-refractivity contribution is 5.28. The summed E-state index contributed by atoms with van der Waals surface area (Å²) in [4.78, 5) is 12.4. The molecule has 2 aromatic rings. The van der Waals surface area contributed by atoms with Gasteiger partial charge in [-0.1, -0.05) is 6.07 Å². The minimum Gasteiger partial charge on any atom is -0.480 e. The van der Waals surface area contributed by atoms with Gasteiger partial charge in [0, 0.05) is 18.6 Å². The Labute approximate surface area is 93.3 Å². The summed E-state index contributed by atoms with van der Waals surface area (Å²) < 4.78 is 5.11. The summed E-state index contributed by atoms with van der Waals surface area (Å²) >= 11 is 0. The van der Waals surface area contributed by atoms with Crippen LogP contribution >= 0.6 is 0 Å². The fourth-order valence-corrected chi connectivity index (χ4v) is 1.41. The van der Waals surface area contributed by atoms with Crippen molar-refractivity contribution in [2.45, 2.75) is 6.04 Å². The first-order valence-corrected chi connectivity index (χ1v) is 4.84. The summed E-state index contributed by atoms with van der Waals surface area (Å²) in [5.41, 5.74) is 7.37. The van der Waals surface area contributed by atoms with E-state index < -0.39 is 6.04 Å². The van der Waals surface area contributed by atoms with Gasteiger partial charge in [0.05, 0.1) is 18.8 Å². The normalized spacial score (nSPS) is 12.1. The van der Waals surface area contributed by atoms with Crippen molar-refractivity contribution >= 4 is 0 Å². The van der Waals surface area contributed by atoms with Crippen molar-refractivity contribution in [2.24, 2.45) is 5.73 Å². The van der Waals surface area contributed by atoms with E-state index in [1.807, 2.05) is 18.2 Å². The number of hydrogen-bond acceptors (Lipinski definition) is 5. The second-order valence-corrected chi connectivity index (χ2v) is 3.18. The van der Waals surface area contributed by atoms with E-state index in [1.165, 1.54) is 0 Å². The number of aromatic nitrogens is 3. The predicted molar refractivity (Wildman–Crippen MR) is 58.9 cm³/mol. The summed E-state index contributed by atoms with van der Waals surface area (Å²) in [6.45, 7) is 0. The van der Waals surface area contributed by atoms with Crippen LogP contribution in [0.4, 0.5) is 0 Å². The van der Waals surface area contributed by atoms with Crippen LogP contribution in [0.25, 0.3) is 0 Å². The van der Waals surface area contributed by atoms with Gasteiger partial charge in [-0.15, -0.1) is 0 Å². The second-order valence-electron chi connectivity index (χ2n) is 3.18. The SMILES string of the molecule is COc1nccnc1C(N)c1ccccn1. The molecule has 5 heteroatoms. The topological polar surface area (TPSA) is 73.9 Å². The van der Waals surface area contributed by atoms with Crippen molar-refractivity contribution in [3.05, 3.63) is 48.2 Å². The Hall–Kier alpha value is -2.01. The van der Waals surface area contributed by atoms with Crippen LogP contribution in [0.5, 0.6) is 5.88 Å². The molecule has 0 saturated carbocycles. The second kappa shape index (κ2) is 4.67. The smallest absolute Gasteiger partial charge is 0.237 e. The molecule has 0 radical (unpaired) electrons. The molecule has 0 spiro atoms. The first kappa shape index (κ1) is 10.5. The van der Waals surface area contributed by atoms with E-state index in [-0.39, 0.29) is 0 Å². The Morgan fingerprint density at radius 3 is 2.62 bits per heavy atom. The van der Waals surface area contributed by atoms with Crippen LogP contribution in [0.2, 0.25) is 0 Å². The average molecular weight is 216 g/mol. The molecule has 1 unspecified atom stereocenters. The summed E-state index contributed by atoms with van der Waals surface area (Å²) in [5, 5.41) is 0. The van der Waals surface area contributed by atoms with Gasteiger partial charge >= 0.3 is 0 Å². The zero-order chi connectivity index (χ0) is 11.4. The number of rotatable bonds is 3. The molecule has 0 aliphatic rings. The largest absolute Gasteiger partial charge is 0.480 e. The molecule has 2 rings (SSSR count). The van der Waals surface area contributed by atoms with E-state index >= 15 is 0 Å². The molecule has 0 bridgehead atoms. The number of nitrogens with zero attached hydrogens (tertiary/aromatic N) is 3. The van der Waals surface area contributed by atoms with Crippen LogP contribution in [0.1, 0.15) is 17.4 Å². The van der Waals surface area contributed by atoms with Crippen molar-refractivity contribution in [1.82, 2.24) is 15.0 Å². The number of pyridine rings is 1. The van der Waals surface area contributed by atoms with Gasteiger partial charge < -0.3 is 10.5 Å². The van der Waals surface area contributed by atoms with E-state index in [0.29, 0.717) is 11.6 Å². The fourth-order valence-electron chi connectivity index (χ4n) is 1.41.